The Morgan fingerprint density at radius 1 is 1.13 bits per heavy atom. The van der Waals surface area contributed by atoms with E-state index in [2.05, 4.69) is 31.0 Å². The van der Waals surface area contributed by atoms with Crippen LogP contribution in [-0.2, 0) is 11.2 Å². The smallest absolute Gasteiger partial charge is 0.262 e. The summed E-state index contributed by atoms with van der Waals surface area (Å²) >= 11 is 1.67. The Kier molecular flexibility index (Phi) is 5.91. The molecule has 30 heavy (non-hydrogen) atoms. The first-order valence-electron chi connectivity index (χ1n) is 9.71. The van der Waals surface area contributed by atoms with Gasteiger partial charge in [0.15, 0.2) is 6.61 Å². The summed E-state index contributed by atoms with van der Waals surface area (Å²) in [6, 6.07) is 21.7. The maximum Gasteiger partial charge on any atom is 0.262 e. The largest absolute Gasteiger partial charge is 0.483 e. The fourth-order valence-corrected chi connectivity index (χ4v) is 4.23. The zero-order valence-corrected chi connectivity index (χ0v) is 17.5. The summed E-state index contributed by atoms with van der Waals surface area (Å²) in [5.74, 6) is 0.501. The molecule has 0 atom stereocenters. The molecule has 0 aliphatic heterocycles. The number of ether oxygens (including phenoxy) is 1. The fraction of sp³-hybridized carbons (Fsp3) is 0.120. The second-order valence-corrected chi connectivity index (χ2v) is 8.04. The highest BCUT2D eigenvalue weighted by atomic mass is 32.1. The van der Waals surface area contributed by atoms with Gasteiger partial charge in [-0.15, -0.1) is 17.9 Å². The number of hydrogen-bond acceptors (Lipinski definition) is 4. The molecule has 0 aliphatic carbocycles. The Hall–Kier alpha value is -3.44. The summed E-state index contributed by atoms with van der Waals surface area (Å²) in [4.78, 5) is 17.0. The Balaban J connectivity index is 1.39. The van der Waals surface area contributed by atoms with E-state index in [0.29, 0.717) is 12.2 Å². The molecule has 0 aliphatic rings. The normalized spacial score (nSPS) is 10.7. The first kappa shape index (κ1) is 19.9. The van der Waals surface area contributed by atoms with E-state index >= 15 is 0 Å². The Labute approximate surface area is 179 Å². The minimum Gasteiger partial charge on any atom is -0.483 e. The Morgan fingerprint density at radius 3 is 2.73 bits per heavy atom. The van der Waals surface area contributed by atoms with Gasteiger partial charge in [0.1, 0.15) is 10.8 Å². The van der Waals surface area contributed by atoms with Crippen molar-refractivity contribution in [3.8, 4) is 16.3 Å². The summed E-state index contributed by atoms with van der Waals surface area (Å²) in [5.41, 5.74) is 5.00. The molecule has 1 aromatic heterocycles. The third-order valence-corrected chi connectivity index (χ3v) is 5.72. The van der Waals surface area contributed by atoms with Crippen LogP contribution in [0.2, 0.25) is 0 Å². The van der Waals surface area contributed by atoms with Crippen LogP contribution in [0.3, 0.4) is 0 Å². The average molecular weight is 415 g/mol. The second-order valence-electron chi connectivity index (χ2n) is 7.00. The van der Waals surface area contributed by atoms with Crippen LogP contribution in [0.25, 0.3) is 20.8 Å². The van der Waals surface area contributed by atoms with Gasteiger partial charge in [-0.05, 0) is 66.9 Å². The van der Waals surface area contributed by atoms with Crippen LogP contribution in [-0.4, -0.2) is 17.5 Å². The molecule has 0 fully saturated rings. The molecule has 3 aromatic carbocycles. The monoisotopic (exact) mass is 414 g/mol. The standard InChI is InChI=1S/C25H22N2O2S/c1-3-6-18-7-4-5-8-22(18)29-16-24(28)26-20-12-10-19(11-13-20)25-27-21-14-9-17(2)15-23(21)30-25/h3-5,7-15H,1,6,16H2,2H3,(H,26,28). The average Bonchev–Trinajstić information content (AvgIpc) is 3.17. The number of benzene rings is 3. The molecule has 4 aromatic rings. The minimum absolute atomic E-state index is 0.0485. The predicted molar refractivity (Wildman–Crippen MR) is 124 cm³/mol. The number of amides is 1. The van der Waals surface area contributed by atoms with Gasteiger partial charge in [-0.1, -0.05) is 30.3 Å². The first-order valence-corrected chi connectivity index (χ1v) is 10.5. The van der Waals surface area contributed by atoms with E-state index < -0.39 is 0 Å². The number of carbonyl (C=O) groups excluding carboxylic acids is 1. The van der Waals surface area contributed by atoms with Gasteiger partial charge in [0.25, 0.3) is 5.91 Å². The van der Waals surface area contributed by atoms with E-state index in [1.54, 1.807) is 11.3 Å². The van der Waals surface area contributed by atoms with Crippen molar-refractivity contribution in [2.24, 2.45) is 0 Å². The molecule has 5 heteroatoms. The van der Waals surface area contributed by atoms with Crippen LogP contribution < -0.4 is 10.1 Å². The van der Waals surface area contributed by atoms with Crippen LogP contribution in [0.1, 0.15) is 11.1 Å². The number of thiazole rings is 1. The minimum atomic E-state index is -0.202. The SMILES string of the molecule is C=CCc1ccccc1OCC(=O)Nc1ccc(-c2nc3ccc(C)cc3s2)cc1. The molecule has 0 radical (unpaired) electrons. The van der Waals surface area contributed by atoms with Gasteiger partial charge >= 0.3 is 0 Å². The maximum atomic E-state index is 12.3. The van der Waals surface area contributed by atoms with Gasteiger partial charge in [-0.25, -0.2) is 4.98 Å². The van der Waals surface area contributed by atoms with E-state index in [0.717, 1.165) is 27.3 Å². The van der Waals surface area contributed by atoms with E-state index in [4.69, 9.17) is 9.72 Å². The van der Waals surface area contributed by atoms with Crippen LogP contribution >= 0.6 is 11.3 Å². The summed E-state index contributed by atoms with van der Waals surface area (Å²) in [6.07, 6.45) is 2.51. The lowest BCUT2D eigenvalue weighted by molar-refractivity contribution is -0.118. The van der Waals surface area contributed by atoms with Gasteiger partial charge in [-0.3, -0.25) is 4.79 Å². The third kappa shape index (κ3) is 4.58. The quantitative estimate of drug-likeness (QED) is 0.376. The number of aryl methyl sites for hydroxylation is 1. The van der Waals surface area contributed by atoms with E-state index in [1.165, 1.54) is 10.3 Å². The highest BCUT2D eigenvalue weighted by Gasteiger charge is 2.09. The molecular weight excluding hydrogens is 392 g/mol. The predicted octanol–water partition coefficient (Wildman–Crippen LogP) is 6.02. The second kappa shape index (κ2) is 8.93. The fourth-order valence-electron chi connectivity index (χ4n) is 3.16. The van der Waals surface area contributed by atoms with Crippen molar-refractivity contribution in [2.75, 3.05) is 11.9 Å². The number of fused-ring (bicyclic) bond motifs is 1. The highest BCUT2D eigenvalue weighted by Crippen LogP contribution is 2.31. The zero-order chi connectivity index (χ0) is 20.9. The van der Waals surface area contributed by atoms with Gasteiger partial charge < -0.3 is 10.1 Å². The molecule has 0 saturated heterocycles. The lowest BCUT2D eigenvalue weighted by Crippen LogP contribution is -2.20. The highest BCUT2D eigenvalue weighted by molar-refractivity contribution is 7.21. The topological polar surface area (TPSA) is 51.2 Å². The van der Waals surface area contributed by atoms with Crippen molar-refractivity contribution in [3.05, 3.63) is 90.5 Å². The number of aromatic nitrogens is 1. The van der Waals surface area contributed by atoms with Gasteiger partial charge in [0.05, 0.1) is 10.2 Å². The number of para-hydroxylation sites is 1. The molecule has 4 nitrogen and oxygen atoms in total. The molecule has 150 valence electrons. The number of nitrogens with one attached hydrogen (secondary N) is 1. The Morgan fingerprint density at radius 2 is 1.93 bits per heavy atom. The maximum absolute atomic E-state index is 12.3. The molecule has 1 N–H and O–H groups in total. The van der Waals surface area contributed by atoms with E-state index in [-0.39, 0.29) is 12.5 Å². The van der Waals surface area contributed by atoms with Crippen LogP contribution in [0.5, 0.6) is 5.75 Å². The van der Waals surface area contributed by atoms with Crippen molar-refractivity contribution < 1.29 is 9.53 Å². The lowest BCUT2D eigenvalue weighted by atomic mass is 10.1. The Bertz CT molecular complexity index is 1200. The third-order valence-electron chi connectivity index (χ3n) is 4.66. The number of allylic oxidation sites excluding steroid dienone is 1. The van der Waals surface area contributed by atoms with Gasteiger partial charge in [0, 0.05) is 11.3 Å². The van der Waals surface area contributed by atoms with Crippen molar-refractivity contribution in [3.63, 3.8) is 0 Å². The van der Waals surface area contributed by atoms with E-state index in [9.17, 15) is 4.79 Å². The van der Waals surface area contributed by atoms with Crippen LogP contribution in [0, 0.1) is 6.92 Å². The first-order chi connectivity index (χ1) is 14.6. The van der Waals surface area contributed by atoms with Crippen molar-refractivity contribution in [2.45, 2.75) is 13.3 Å². The van der Waals surface area contributed by atoms with Crippen molar-refractivity contribution >= 4 is 33.1 Å². The number of hydrogen-bond donors (Lipinski definition) is 1. The number of carbonyl (C=O) groups is 1. The molecule has 0 saturated carbocycles. The molecule has 0 unspecified atom stereocenters. The summed E-state index contributed by atoms with van der Waals surface area (Å²) in [6.45, 7) is 5.79. The van der Waals surface area contributed by atoms with Crippen molar-refractivity contribution in [1.82, 2.24) is 4.98 Å². The zero-order valence-electron chi connectivity index (χ0n) is 16.7. The van der Waals surface area contributed by atoms with Gasteiger partial charge in [0.2, 0.25) is 0 Å². The number of anilines is 1. The summed E-state index contributed by atoms with van der Waals surface area (Å²) in [7, 11) is 0. The molecule has 1 heterocycles. The molecule has 1 amide bonds. The summed E-state index contributed by atoms with van der Waals surface area (Å²) < 4.78 is 6.87. The number of nitrogens with zero attached hydrogens (tertiary/aromatic N) is 1. The van der Waals surface area contributed by atoms with Crippen LogP contribution in [0.4, 0.5) is 5.69 Å². The number of rotatable bonds is 7. The van der Waals surface area contributed by atoms with E-state index in [1.807, 2.05) is 60.7 Å². The van der Waals surface area contributed by atoms with Gasteiger partial charge in [-0.2, -0.15) is 0 Å². The van der Waals surface area contributed by atoms with Crippen molar-refractivity contribution in [1.29, 1.82) is 0 Å². The van der Waals surface area contributed by atoms with Crippen LogP contribution in [0.15, 0.2) is 79.4 Å². The molecule has 0 bridgehead atoms. The molecule has 0 spiro atoms. The summed E-state index contributed by atoms with van der Waals surface area (Å²) in [5, 5.41) is 3.84. The lowest BCUT2D eigenvalue weighted by Gasteiger charge is -2.11. The molecular formula is C25H22N2O2S. The molecule has 4 rings (SSSR count).